The number of halogens is 3. The number of aryl methyl sites for hydroxylation is 1. The van der Waals surface area contributed by atoms with Gasteiger partial charge in [0.05, 0.1) is 23.6 Å². The third-order valence-electron chi connectivity index (χ3n) is 7.02. The fraction of sp³-hybridized carbons (Fsp3) is 0.290. The lowest BCUT2D eigenvalue weighted by molar-refractivity contribution is -0.276. The maximum Gasteiger partial charge on any atom is 0.421 e. The molecule has 0 aliphatic rings. The van der Waals surface area contributed by atoms with E-state index in [4.69, 9.17) is 9.47 Å². The number of sulfonamides is 1. The van der Waals surface area contributed by atoms with E-state index in [9.17, 15) is 26.4 Å². The molecule has 1 aromatic heterocycles. The monoisotopic (exact) mass is 600 g/mol. The average molecular weight is 601 g/mol. The summed E-state index contributed by atoms with van der Waals surface area (Å²) in [7, 11) is -4.25. The Kier molecular flexibility index (Phi) is 8.93. The predicted octanol–water partition coefficient (Wildman–Crippen LogP) is 6.93. The molecular weight excluding hydrogens is 569 g/mol. The van der Waals surface area contributed by atoms with E-state index in [0.717, 1.165) is 22.0 Å². The largest absolute Gasteiger partial charge is 0.462 e. The molecule has 0 aliphatic heterocycles. The Morgan fingerprint density at radius 1 is 0.929 bits per heavy atom. The molecule has 0 spiro atoms. The summed E-state index contributed by atoms with van der Waals surface area (Å²) in [5.41, 5.74) is -1.40. The van der Waals surface area contributed by atoms with Gasteiger partial charge in [-0.3, -0.25) is 0 Å². The molecule has 0 bridgehead atoms. The van der Waals surface area contributed by atoms with Crippen LogP contribution in [0.4, 0.5) is 19.0 Å². The van der Waals surface area contributed by atoms with Gasteiger partial charge in [0.2, 0.25) is 0 Å². The van der Waals surface area contributed by atoms with Crippen LogP contribution in [0.2, 0.25) is 0 Å². The van der Waals surface area contributed by atoms with E-state index in [0.29, 0.717) is 11.1 Å². The molecule has 42 heavy (non-hydrogen) atoms. The van der Waals surface area contributed by atoms with E-state index >= 15 is 0 Å². The molecule has 0 fully saturated rings. The zero-order valence-electron chi connectivity index (χ0n) is 23.6. The number of hydrogen-bond acceptors (Lipinski definition) is 6. The van der Waals surface area contributed by atoms with Crippen LogP contribution in [-0.4, -0.2) is 38.8 Å². The Morgan fingerprint density at radius 2 is 1.57 bits per heavy atom. The van der Waals surface area contributed by atoms with Crippen molar-refractivity contribution in [2.45, 2.75) is 50.9 Å². The van der Waals surface area contributed by atoms with Crippen molar-refractivity contribution >= 4 is 32.6 Å². The predicted molar refractivity (Wildman–Crippen MR) is 154 cm³/mol. The lowest BCUT2D eigenvalue weighted by Crippen LogP contribution is -2.42. The highest BCUT2D eigenvalue weighted by Crippen LogP contribution is 2.42. The van der Waals surface area contributed by atoms with Crippen molar-refractivity contribution in [3.05, 3.63) is 101 Å². The number of ether oxygens (including phenoxy) is 2. The van der Waals surface area contributed by atoms with Gasteiger partial charge < -0.3 is 9.47 Å². The highest BCUT2D eigenvalue weighted by atomic mass is 32.2. The summed E-state index contributed by atoms with van der Waals surface area (Å²) >= 11 is 0. The first-order valence-electron chi connectivity index (χ1n) is 13.3. The van der Waals surface area contributed by atoms with Crippen molar-refractivity contribution in [1.29, 1.82) is 0 Å². The van der Waals surface area contributed by atoms with Crippen LogP contribution in [0.3, 0.4) is 0 Å². The zero-order chi connectivity index (χ0) is 30.7. The number of carbonyl (C=O) groups excluding carboxylic acids is 1. The molecule has 1 unspecified atom stereocenters. The SMILES string of the molecule is CCOC(=O)c1ccc(S(=O)(=O)N(Cc2ccc(C(C)(OCC)C(F)(F)F)cc2)c2ncc3ccccc3c2C)cc1. The van der Waals surface area contributed by atoms with Crippen LogP contribution in [-0.2, 0) is 31.6 Å². The number of hydrogen-bond donors (Lipinski definition) is 0. The molecule has 1 atom stereocenters. The van der Waals surface area contributed by atoms with Crippen LogP contribution >= 0.6 is 0 Å². The van der Waals surface area contributed by atoms with Gasteiger partial charge in [-0.05, 0) is 68.5 Å². The normalized spacial score (nSPS) is 13.5. The maximum absolute atomic E-state index is 14.1. The molecule has 0 amide bonds. The first-order valence-corrected chi connectivity index (χ1v) is 14.7. The molecule has 0 N–H and O–H groups in total. The first-order chi connectivity index (χ1) is 19.8. The summed E-state index contributed by atoms with van der Waals surface area (Å²) in [5.74, 6) is -0.412. The molecule has 0 saturated carbocycles. The zero-order valence-corrected chi connectivity index (χ0v) is 24.4. The van der Waals surface area contributed by atoms with Crippen LogP contribution in [0.5, 0.6) is 0 Å². The van der Waals surface area contributed by atoms with Gasteiger partial charge in [0.1, 0.15) is 5.82 Å². The Hall–Kier alpha value is -3.96. The average Bonchev–Trinajstić information content (AvgIpc) is 2.96. The number of fused-ring (bicyclic) bond motifs is 1. The summed E-state index contributed by atoms with van der Waals surface area (Å²) in [6.07, 6.45) is -3.09. The summed E-state index contributed by atoms with van der Waals surface area (Å²) in [4.78, 5) is 16.5. The number of anilines is 1. The fourth-order valence-corrected chi connectivity index (χ4v) is 6.11. The topological polar surface area (TPSA) is 85.8 Å². The lowest BCUT2D eigenvalue weighted by Gasteiger charge is -2.32. The number of esters is 1. The summed E-state index contributed by atoms with van der Waals surface area (Å²) < 4.78 is 81.1. The fourth-order valence-electron chi connectivity index (χ4n) is 4.64. The van der Waals surface area contributed by atoms with Crippen molar-refractivity contribution in [1.82, 2.24) is 4.98 Å². The standard InChI is InChI=1S/C31H31F3N2O5S/c1-5-40-29(37)23-13-17-26(18-14-23)42(38,39)36(28-21(3)27-10-8-7-9-24(27)19-35-28)20-22-11-15-25(16-12-22)30(4,41-6-2)31(32,33)34/h7-19H,5-6,20H2,1-4H3. The number of rotatable bonds is 10. The maximum atomic E-state index is 14.1. The van der Waals surface area contributed by atoms with Crippen molar-refractivity contribution in [2.24, 2.45) is 0 Å². The van der Waals surface area contributed by atoms with Crippen LogP contribution in [0.25, 0.3) is 10.8 Å². The minimum atomic E-state index is -4.66. The van der Waals surface area contributed by atoms with E-state index in [1.807, 2.05) is 24.3 Å². The van der Waals surface area contributed by atoms with Gasteiger partial charge >= 0.3 is 12.1 Å². The Balaban J connectivity index is 1.79. The minimum Gasteiger partial charge on any atom is -0.462 e. The van der Waals surface area contributed by atoms with E-state index in [1.165, 1.54) is 55.5 Å². The van der Waals surface area contributed by atoms with E-state index in [2.05, 4.69) is 4.98 Å². The highest BCUT2D eigenvalue weighted by Gasteiger charge is 2.53. The molecule has 0 radical (unpaired) electrons. The first kappa shape index (κ1) is 31.0. The molecule has 222 valence electrons. The second-order valence-electron chi connectivity index (χ2n) is 9.71. The van der Waals surface area contributed by atoms with Gasteiger partial charge in [0.25, 0.3) is 10.0 Å². The van der Waals surface area contributed by atoms with Gasteiger partial charge in [-0.25, -0.2) is 22.5 Å². The number of aromatic nitrogens is 1. The molecule has 7 nitrogen and oxygen atoms in total. The Labute approximate surface area is 243 Å². The number of pyridine rings is 1. The molecule has 4 rings (SSSR count). The van der Waals surface area contributed by atoms with Crippen LogP contribution in [0.1, 0.15) is 47.8 Å². The smallest absolute Gasteiger partial charge is 0.421 e. The molecule has 0 saturated heterocycles. The van der Waals surface area contributed by atoms with Crippen molar-refractivity contribution in [3.63, 3.8) is 0 Å². The third-order valence-corrected chi connectivity index (χ3v) is 8.77. The quantitative estimate of drug-likeness (QED) is 0.184. The van der Waals surface area contributed by atoms with E-state index in [-0.39, 0.29) is 41.6 Å². The van der Waals surface area contributed by atoms with Crippen LogP contribution in [0.15, 0.2) is 83.9 Å². The van der Waals surface area contributed by atoms with E-state index in [1.54, 1.807) is 20.0 Å². The van der Waals surface area contributed by atoms with E-state index < -0.39 is 27.8 Å². The van der Waals surface area contributed by atoms with Gasteiger partial charge in [-0.1, -0.05) is 48.5 Å². The molecular formula is C31H31F3N2O5S. The minimum absolute atomic E-state index is 0.0949. The second kappa shape index (κ2) is 12.1. The summed E-state index contributed by atoms with van der Waals surface area (Å²) in [6, 6.07) is 18.2. The highest BCUT2D eigenvalue weighted by molar-refractivity contribution is 7.92. The molecule has 4 aromatic rings. The van der Waals surface area contributed by atoms with Crippen molar-refractivity contribution in [3.8, 4) is 0 Å². The molecule has 3 aromatic carbocycles. The Morgan fingerprint density at radius 3 is 2.17 bits per heavy atom. The number of benzene rings is 3. The number of nitrogens with zero attached hydrogens (tertiary/aromatic N) is 2. The van der Waals surface area contributed by atoms with Crippen LogP contribution in [0, 0.1) is 6.92 Å². The summed E-state index contributed by atoms with van der Waals surface area (Å²) in [6.45, 7) is 5.68. The molecule has 0 aliphatic carbocycles. The summed E-state index contributed by atoms with van der Waals surface area (Å²) in [5, 5.41) is 1.62. The van der Waals surface area contributed by atoms with Gasteiger partial charge in [0.15, 0.2) is 5.60 Å². The van der Waals surface area contributed by atoms with Gasteiger partial charge in [-0.2, -0.15) is 13.2 Å². The molecule has 11 heteroatoms. The van der Waals surface area contributed by atoms with Crippen molar-refractivity contribution in [2.75, 3.05) is 17.5 Å². The van der Waals surface area contributed by atoms with Crippen LogP contribution < -0.4 is 4.31 Å². The number of alkyl halides is 3. The van der Waals surface area contributed by atoms with Gasteiger partial charge in [-0.15, -0.1) is 0 Å². The second-order valence-corrected chi connectivity index (χ2v) is 11.6. The Bertz CT molecular complexity index is 1670. The van der Waals surface area contributed by atoms with Gasteiger partial charge in [0, 0.05) is 23.8 Å². The van der Waals surface area contributed by atoms with Crippen molar-refractivity contribution < 1.29 is 35.9 Å². The lowest BCUT2D eigenvalue weighted by atomic mass is 9.94. The molecule has 1 heterocycles. The third kappa shape index (κ3) is 5.98. The number of carbonyl (C=O) groups is 1.